The number of aromatic nitrogens is 1. The highest BCUT2D eigenvalue weighted by Gasteiger charge is 2.45. The van der Waals surface area contributed by atoms with Crippen LogP contribution < -0.4 is 4.90 Å². The standard InChI is InChI=1S/C65H44N2/c1-4-23-48(24-5-1)65(60-35-15-12-31-55(60)56-32-13-16-36-61(56)65)49-25-19-21-46(43-49)45-20-18-22-47(42-45)53-40-41-63(57-33-11-10-30-54(53)57)66(50-26-6-2-7-27-50)52-38-39-59-58-34-14-17-37-62(58)67(64(59)44-52)51-28-8-3-9-29-51/h1-44H. The van der Waals surface area contributed by atoms with Gasteiger partial charge in [0.1, 0.15) is 0 Å². The summed E-state index contributed by atoms with van der Waals surface area (Å²) in [5.41, 5.74) is 18.9. The largest absolute Gasteiger partial charge is 0.310 e. The fraction of sp³-hybridized carbons (Fsp3) is 0.0154. The van der Waals surface area contributed by atoms with Crippen molar-refractivity contribution in [3.05, 3.63) is 289 Å². The molecule has 0 bridgehead atoms. The third-order valence-corrected chi connectivity index (χ3v) is 14.0. The second-order valence-corrected chi connectivity index (χ2v) is 17.6. The fourth-order valence-electron chi connectivity index (χ4n) is 11.2. The van der Waals surface area contributed by atoms with Crippen molar-refractivity contribution < 1.29 is 0 Å². The van der Waals surface area contributed by atoms with Gasteiger partial charge in [-0.3, -0.25) is 0 Å². The van der Waals surface area contributed by atoms with E-state index >= 15 is 0 Å². The lowest BCUT2D eigenvalue weighted by molar-refractivity contribution is 0.769. The Balaban J connectivity index is 0.948. The van der Waals surface area contributed by atoms with Gasteiger partial charge in [0.05, 0.1) is 22.1 Å². The molecule has 0 fully saturated rings. The van der Waals surface area contributed by atoms with E-state index < -0.39 is 5.41 Å². The van der Waals surface area contributed by atoms with Crippen molar-refractivity contribution in [2.75, 3.05) is 4.90 Å². The third-order valence-electron chi connectivity index (χ3n) is 14.0. The topological polar surface area (TPSA) is 8.17 Å². The second kappa shape index (κ2) is 15.8. The zero-order valence-corrected chi connectivity index (χ0v) is 36.8. The van der Waals surface area contributed by atoms with Gasteiger partial charge in [-0.05, 0) is 122 Å². The molecule has 13 rings (SSSR count). The van der Waals surface area contributed by atoms with E-state index in [1.165, 1.54) is 88.2 Å². The Bertz CT molecular complexity index is 3760. The monoisotopic (exact) mass is 852 g/mol. The van der Waals surface area contributed by atoms with Crippen LogP contribution in [0.3, 0.4) is 0 Å². The summed E-state index contributed by atoms with van der Waals surface area (Å²) in [6.07, 6.45) is 0. The van der Waals surface area contributed by atoms with Crippen molar-refractivity contribution in [2.45, 2.75) is 5.41 Å². The molecule has 1 heterocycles. The van der Waals surface area contributed by atoms with E-state index in [9.17, 15) is 0 Å². The minimum absolute atomic E-state index is 0.457. The number of fused-ring (bicyclic) bond motifs is 7. The van der Waals surface area contributed by atoms with Gasteiger partial charge >= 0.3 is 0 Å². The van der Waals surface area contributed by atoms with Gasteiger partial charge in [-0.15, -0.1) is 0 Å². The molecule has 0 radical (unpaired) electrons. The molecule has 1 aromatic heterocycles. The zero-order valence-electron chi connectivity index (χ0n) is 36.8. The number of hydrogen-bond donors (Lipinski definition) is 0. The first-order valence-corrected chi connectivity index (χ1v) is 23.2. The van der Waals surface area contributed by atoms with Crippen LogP contribution in [0.15, 0.2) is 267 Å². The molecule has 1 aliphatic carbocycles. The Morgan fingerprint density at radius 1 is 0.299 bits per heavy atom. The van der Waals surface area contributed by atoms with Crippen molar-refractivity contribution in [2.24, 2.45) is 0 Å². The maximum absolute atomic E-state index is 2.43. The summed E-state index contributed by atoms with van der Waals surface area (Å²) >= 11 is 0. The minimum Gasteiger partial charge on any atom is -0.310 e. The first-order chi connectivity index (χ1) is 33.3. The molecule has 12 aromatic rings. The van der Waals surface area contributed by atoms with Crippen molar-refractivity contribution in [1.82, 2.24) is 4.57 Å². The highest BCUT2D eigenvalue weighted by Crippen LogP contribution is 2.56. The van der Waals surface area contributed by atoms with E-state index in [1.54, 1.807) is 0 Å². The minimum atomic E-state index is -0.457. The summed E-state index contributed by atoms with van der Waals surface area (Å²) in [6, 6.07) is 98.0. The highest BCUT2D eigenvalue weighted by atomic mass is 15.1. The van der Waals surface area contributed by atoms with E-state index in [2.05, 4.69) is 276 Å². The molecule has 0 aliphatic heterocycles. The maximum atomic E-state index is 2.43. The van der Waals surface area contributed by atoms with Crippen molar-refractivity contribution in [3.63, 3.8) is 0 Å². The quantitative estimate of drug-likeness (QED) is 0.148. The Morgan fingerprint density at radius 2 is 0.851 bits per heavy atom. The lowest BCUT2D eigenvalue weighted by Gasteiger charge is -2.34. The summed E-state index contributed by atoms with van der Waals surface area (Å²) in [5.74, 6) is 0. The fourth-order valence-corrected chi connectivity index (χ4v) is 11.2. The summed E-state index contributed by atoms with van der Waals surface area (Å²) in [7, 11) is 0. The summed E-state index contributed by atoms with van der Waals surface area (Å²) in [5, 5.41) is 4.86. The van der Waals surface area contributed by atoms with E-state index in [-0.39, 0.29) is 0 Å². The molecular formula is C65H44N2. The number of rotatable bonds is 8. The third kappa shape index (κ3) is 6.11. The molecule has 0 unspecified atom stereocenters. The van der Waals surface area contributed by atoms with Crippen LogP contribution in [0.25, 0.3) is 71.6 Å². The van der Waals surface area contributed by atoms with Crippen molar-refractivity contribution >= 4 is 49.6 Å². The van der Waals surface area contributed by atoms with Crippen molar-refractivity contribution in [3.8, 4) is 39.1 Å². The van der Waals surface area contributed by atoms with Gasteiger partial charge in [0.2, 0.25) is 0 Å². The smallest absolute Gasteiger partial charge is 0.0713 e. The number of anilines is 3. The van der Waals surface area contributed by atoms with Crippen LogP contribution in [0, 0.1) is 0 Å². The van der Waals surface area contributed by atoms with Crippen LogP contribution in [0.5, 0.6) is 0 Å². The Labute approximate surface area is 390 Å². The molecule has 0 saturated carbocycles. The predicted molar refractivity (Wildman–Crippen MR) is 281 cm³/mol. The van der Waals surface area contributed by atoms with E-state index in [1.807, 2.05) is 0 Å². The van der Waals surface area contributed by atoms with Gasteiger partial charge in [0.25, 0.3) is 0 Å². The van der Waals surface area contributed by atoms with Gasteiger partial charge in [0, 0.05) is 33.2 Å². The van der Waals surface area contributed by atoms with Crippen LogP contribution in [0.2, 0.25) is 0 Å². The first-order valence-electron chi connectivity index (χ1n) is 23.2. The molecule has 314 valence electrons. The normalized spacial score (nSPS) is 12.6. The molecule has 0 spiro atoms. The molecular weight excluding hydrogens is 809 g/mol. The average Bonchev–Trinajstić information content (AvgIpc) is 3.90. The zero-order chi connectivity index (χ0) is 44.3. The van der Waals surface area contributed by atoms with Crippen LogP contribution in [-0.2, 0) is 5.41 Å². The molecule has 0 saturated heterocycles. The van der Waals surface area contributed by atoms with E-state index in [0.29, 0.717) is 0 Å². The van der Waals surface area contributed by atoms with Crippen LogP contribution >= 0.6 is 0 Å². The second-order valence-electron chi connectivity index (χ2n) is 17.6. The highest BCUT2D eigenvalue weighted by molar-refractivity contribution is 6.11. The van der Waals surface area contributed by atoms with E-state index in [0.717, 1.165) is 22.7 Å². The number of hydrogen-bond acceptors (Lipinski definition) is 1. The molecule has 1 aliphatic rings. The Kier molecular flexibility index (Phi) is 9.11. The average molecular weight is 853 g/mol. The molecule has 2 nitrogen and oxygen atoms in total. The van der Waals surface area contributed by atoms with Gasteiger partial charge in [-0.1, -0.05) is 206 Å². The summed E-state index contributed by atoms with van der Waals surface area (Å²) in [4.78, 5) is 2.42. The molecule has 0 amide bonds. The molecule has 0 N–H and O–H groups in total. The lowest BCUT2D eigenvalue weighted by Crippen LogP contribution is -2.28. The van der Waals surface area contributed by atoms with Gasteiger partial charge in [-0.2, -0.15) is 0 Å². The van der Waals surface area contributed by atoms with Crippen LogP contribution in [-0.4, -0.2) is 4.57 Å². The number of benzene rings is 11. The molecule has 11 aromatic carbocycles. The van der Waals surface area contributed by atoms with Crippen molar-refractivity contribution in [1.29, 1.82) is 0 Å². The molecule has 0 atom stereocenters. The molecule has 67 heavy (non-hydrogen) atoms. The summed E-state index contributed by atoms with van der Waals surface area (Å²) < 4.78 is 2.40. The summed E-state index contributed by atoms with van der Waals surface area (Å²) in [6.45, 7) is 0. The molecule has 2 heteroatoms. The van der Waals surface area contributed by atoms with E-state index in [4.69, 9.17) is 0 Å². The predicted octanol–water partition coefficient (Wildman–Crippen LogP) is 17.1. The van der Waals surface area contributed by atoms with Crippen LogP contribution in [0.1, 0.15) is 22.3 Å². The van der Waals surface area contributed by atoms with Gasteiger partial charge < -0.3 is 9.47 Å². The van der Waals surface area contributed by atoms with Crippen LogP contribution in [0.4, 0.5) is 17.1 Å². The first kappa shape index (κ1) is 38.7. The van der Waals surface area contributed by atoms with Gasteiger partial charge in [0.15, 0.2) is 0 Å². The lowest BCUT2D eigenvalue weighted by atomic mass is 9.67. The maximum Gasteiger partial charge on any atom is 0.0713 e. The number of para-hydroxylation sites is 3. The Morgan fingerprint density at radius 3 is 1.60 bits per heavy atom. The van der Waals surface area contributed by atoms with Gasteiger partial charge in [-0.25, -0.2) is 0 Å². The SMILES string of the molecule is c1ccc(N(c2ccc3c4ccccc4n(-c4ccccc4)c3c2)c2ccc(-c3cccc(-c4cccc(C5(c6ccccc6)c6ccccc6-c6ccccc65)c4)c3)c3ccccc23)cc1. The number of nitrogens with zero attached hydrogens (tertiary/aromatic N) is 2. The Hall–Kier alpha value is -8.72.